The fraction of sp³-hybridized carbons (Fsp3) is 0.615. The van der Waals surface area contributed by atoms with E-state index in [0.29, 0.717) is 11.5 Å². The van der Waals surface area contributed by atoms with E-state index in [-0.39, 0.29) is 0 Å². The lowest BCUT2D eigenvalue weighted by Gasteiger charge is -2.30. The van der Waals surface area contributed by atoms with E-state index in [0.717, 1.165) is 24.8 Å². The van der Waals surface area contributed by atoms with Crippen LogP contribution >= 0.6 is 0 Å². The second-order valence-corrected chi connectivity index (χ2v) is 5.12. The minimum atomic E-state index is 0.395. The first kappa shape index (κ1) is 13.0. The lowest BCUT2D eigenvalue weighted by molar-refractivity contribution is 0.199. The van der Waals surface area contributed by atoms with Crippen molar-refractivity contribution in [2.75, 3.05) is 43.0 Å². The van der Waals surface area contributed by atoms with Crippen LogP contribution < -0.4 is 16.8 Å². The van der Waals surface area contributed by atoms with Crippen molar-refractivity contribution < 1.29 is 0 Å². The summed E-state index contributed by atoms with van der Waals surface area (Å²) >= 11 is 0. The number of hydrogen-bond acceptors (Lipinski definition) is 5. The Hall–Kier alpha value is -1.49. The molecule has 0 aromatic carbocycles. The van der Waals surface area contributed by atoms with Crippen LogP contribution in [-0.4, -0.2) is 36.1 Å². The number of nitrogen functional groups attached to an aromatic ring is 2. The summed E-state index contributed by atoms with van der Waals surface area (Å²) in [4.78, 5) is 6.68. The largest absolute Gasteiger partial charge is 0.396 e. The van der Waals surface area contributed by atoms with Gasteiger partial charge in [-0.25, -0.2) is 4.98 Å². The fourth-order valence-corrected chi connectivity index (χ4v) is 2.21. The second kappa shape index (κ2) is 5.91. The van der Waals surface area contributed by atoms with Gasteiger partial charge in [-0.1, -0.05) is 6.92 Å². The number of aromatic nitrogens is 1. The van der Waals surface area contributed by atoms with Crippen molar-refractivity contribution in [2.24, 2.45) is 5.92 Å². The molecule has 1 aliphatic rings. The maximum atomic E-state index is 5.66. The van der Waals surface area contributed by atoms with E-state index in [2.05, 4.69) is 22.1 Å². The third kappa shape index (κ3) is 3.50. The van der Waals surface area contributed by atoms with Gasteiger partial charge in [0.1, 0.15) is 11.6 Å². The minimum absolute atomic E-state index is 0.395. The highest BCUT2D eigenvalue weighted by Crippen LogP contribution is 2.16. The number of hydrogen-bond donors (Lipinski definition) is 3. The van der Waals surface area contributed by atoms with E-state index in [1.54, 1.807) is 6.07 Å². The highest BCUT2D eigenvalue weighted by molar-refractivity contribution is 5.61. The number of nitrogens with one attached hydrogen (secondary N) is 1. The number of likely N-dealkylation sites (tertiary alicyclic amines) is 1. The number of nitrogens with zero attached hydrogens (tertiary/aromatic N) is 2. The van der Waals surface area contributed by atoms with E-state index in [1.165, 1.54) is 25.9 Å². The zero-order valence-electron chi connectivity index (χ0n) is 11.0. The molecule has 0 spiro atoms. The van der Waals surface area contributed by atoms with Crippen LogP contribution in [0.5, 0.6) is 0 Å². The Morgan fingerprint density at radius 3 is 2.72 bits per heavy atom. The number of anilines is 3. The van der Waals surface area contributed by atoms with Crippen LogP contribution in [0, 0.1) is 5.92 Å². The van der Waals surface area contributed by atoms with Gasteiger partial charge in [-0.05, 0) is 44.0 Å². The summed E-state index contributed by atoms with van der Waals surface area (Å²) in [6.45, 7) is 6.69. The fourth-order valence-electron chi connectivity index (χ4n) is 2.21. The average molecular weight is 249 g/mol. The Balaban J connectivity index is 1.73. The molecule has 1 saturated heterocycles. The molecule has 1 aromatic rings. The molecule has 0 bridgehead atoms. The van der Waals surface area contributed by atoms with E-state index >= 15 is 0 Å². The lowest BCUT2D eigenvalue weighted by Crippen LogP contribution is -2.36. The van der Waals surface area contributed by atoms with Crippen LogP contribution in [-0.2, 0) is 0 Å². The Bertz CT molecular complexity index is 385. The van der Waals surface area contributed by atoms with Gasteiger partial charge >= 0.3 is 0 Å². The van der Waals surface area contributed by atoms with E-state index in [4.69, 9.17) is 11.5 Å². The standard InChI is InChI=1S/C13H23N5/c1-10-4-7-18(8-5-10)9-6-16-12-3-2-11(14)13(15)17-12/h2-3,10H,4-9,14H2,1H3,(H3,15,16,17). The molecule has 5 nitrogen and oxygen atoms in total. The molecule has 0 aliphatic carbocycles. The Morgan fingerprint density at radius 1 is 1.33 bits per heavy atom. The Kier molecular flexibility index (Phi) is 4.25. The monoisotopic (exact) mass is 249 g/mol. The van der Waals surface area contributed by atoms with E-state index in [9.17, 15) is 0 Å². The van der Waals surface area contributed by atoms with Crippen LogP contribution in [0.1, 0.15) is 19.8 Å². The van der Waals surface area contributed by atoms with Gasteiger partial charge in [0.2, 0.25) is 0 Å². The number of nitrogens with two attached hydrogens (primary N) is 2. The van der Waals surface area contributed by atoms with Gasteiger partial charge in [-0.3, -0.25) is 0 Å². The Morgan fingerprint density at radius 2 is 2.06 bits per heavy atom. The summed E-state index contributed by atoms with van der Waals surface area (Å²) in [5, 5.41) is 3.28. The van der Waals surface area contributed by atoms with Crippen LogP contribution in [0.2, 0.25) is 0 Å². The number of rotatable bonds is 4. The van der Waals surface area contributed by atoms with Gasteiger partial charge in [0.05, 0.1) is 5.69 Å². The summed E-state index contributed by atoms with van der Waals surface area (Å²) in [5.74, 6) is 2.08. The summed E-state index contributed by atoms with van der Waals surface area (Å²) < 4.78 is 0. The molecule has 0 saturated carbocycles. The van der Waals surface area contributed by atoms with Gasteiger partial charge < -0.3 is 21.7 Å². The van der Waals surface area contributed by atoms with Crippen molar-refractivity contribution in [3.05, 3.63) is 12.1 Å². The molecular formula is C13H23N5. The predicted molar refractivity (Wildman–Crippen MR) is 76.4 cm³/mol. The maximum Gasteiger partial charge on any atom is 0.149 e. The highest BCUT2D eigenvalue weighted by atomic mass is 15.1. The molecule has 2 rings (SSSR count). The zero-order valence-corrected chi connectivity index (χ0v) is 11.0. The van der Waals surface area contributed by atoms with Gasteiger partial charge in [-0.15, -0.1) is 0 Å². The van der Waals surface area contributed by atoms with Crippen molar-refractivity contribution in [1.29, 1.82) is 0 Å². The topological polar surface area (TPSA) is 80.2 Å². The molecule has 1 aliphatic heterocycles. The lowest BCUT2D eigenvalue weighted by atomic mass is 9.99. The quantitative estimate of drug-likeness (QED) is 0.751. The number of piperidine rings is 1. The molecular weight excluding hydrogens is 226 g/mol. The molecule has 0 amide bonds. The summed E-state index contributed by atoms with van der Waals surface area (Å²) in [5.41, 5.74) is 11.8. The third-order valence-corrected chi connectivity index (χ3v) is 3.57. The van der Waals surface area contributed by atoms with Crippen LogP contribution in [0.15, 0.2) is 12.1 Å². The molecule has 18 heavy (non-hydrogen) atoms. The first-order valence-electron chi connectivity index (χ1n) is 6.63. The van der Waals surface area contributed by atoms with E-state index < -0.39 is 0 Å². The molecule has 1 fully saturated rings. The van der Waals surface area contributed by atoms with Crippen molar-refractivity contribution in [3.8, 4) is 0 Å². The molecule has 0 unspecified atom stereocenters. The normalized spacial score (nSPS) is 17.8. The zero-order chi connectivity index (χ0) is 13.0. The first-order chi connectivity index (χ1) is 8.65. The molecule has 100 valence electrons. The van der Waals surface area contributed by atoms with E-state index in [1.807, 2.05) is 6.07 Å². The molecule has 5 heteroatoms. The molecule has 5 N–H and O–H groups in total. The van der Waals surface area contributed by atoms with Crippen molar-refractivity contribution in [2.45, 2.75) is 19.8 Å². The van der Waals surface area contributed by atoms with Crippen molar-refractivity contribution in [3.63, 3.8) is 0 Å². The van der Waals surface area contributed by atoms with Gasteiger partial charge in [0, 0.05) is 13.1 Å². The minimum Gasteiger partial charge on any atom is -0.396 e. The highest BCUT2D eigenvalue weighted by Gasteiger charge is 2.14. The van der Waals surface area contributed by atoms with Crippen LogP contribution in [0.3, 0.4) is 0 Å². The SMILES string of the molecule is CC1CCN(CCNc2ccc(N)c(N)n2)CC1. The summed E-state index contributed by atoms with van der Waals surface area (Å²) in [7, 11) is 0. The first-order valence-corrected chi connectivity index (χ1v) is 6.63. The summed E-state index contributed by atoms with van der Waals surface area (Å²) in [6, 6.07) is 3.65. The van der Waals surface area contributed by atoms with Gasteiger partial charge in [0.15, 0.2) is 0 Å². The molecule has 0 radical (unpaired) electrons. The third-order valence-electron chi connectivity index (χ3n) is 3.57. The van der Waals surface area contributed by atoms with Gasteiger partial charge in [-0.2, -0.15) is 0 Å². The van der Waals surface area contributed by atoms with Crippen LogP contribution in [0.25, 0.3) is 0 Å². The summed E-state index contributed by atoms with van der Waals surface area (Å²) in [6.07, 6.45) is 2.63. The Labute approximate surface area is 109 Å². The number of pyridine rings is 1. The van der Waals surface area contributed by atoms with Crippen molar-refractivity contribution >= 4 is 17.3 Å². The molecule has 2 heterocycles. The molecule has 0 atom stereocenters. The molecule has 1 aromatic heterocycles. The second-order valence-electron chi connectivity index (χ2n) is 5.12. The smallest absolute Gasteiger partial charge is 0.149 e. The predicted octanol–water partition coefficient (Wildman–Crippen LogP) is 1.39. The van der Waals surface area contributed by atoms with Crippen LogP contribution in [0.4, 0.5) is 17.3 Å². The van der Waals surface area contributed by atoms with Crippen molar-refractivity contribution in [1.82, 2.24) is 9.88 Å². The maximum absolute atomic E-state index is 5.66. The van der Waals surface area contributed by atoms with Gasteiger partial charge in [0.25, 0.3) is 0 Å². The average Bonchev–Trinajstić information content (AvgIpc) is 2.36.